The number of nitrogens with zero attached hydrogens (tertiary/aromatic N) is 2. The number of hydrogen-bond acceptors (Lipinski definition) is 5. The van der Waals surface area contributed by atoms with Gasteiger partial charge in [0, 0.05) is 56.7 Å². The molecule has 0 spiro atoms. The fraction of sp³-hybridized carbons (Fsp3) is 0.0784. The molecule has 57 heavy (non-hydrogen) atoms. The molecule has 2 unspecified atom stereocenters. The van der Waals surface area contributed by atoms with E-state index in [1.165, 1.54) is 95.7 Å². The molecule has 0 fully saturated rings. The highest BCUT2D eigenvalue weighted by Crippen LogP contribution is 2.45. The van der Waals surface area contributed by atoms with E-state index in [1.54, 1.807) is 0 Å². The molecule has 2 atom stereocenters. The maximum Gasteiger partial charge on any atom is 0.131 e. The number of amidine groups is 1. The second kappa shape index (κ2) is 13.1. The molecule has 10 aromatic rings. The summed E-state index contributed by atoms with van der Waals surface area (Å²) in [6.45, 7) is 0. The first-order valence-corrected chi connectivity index (χ1v) is 21.3. The molecule has 1 aliphatic carbocycles. The van der Waals surface area contributed by atoms with Gasteiger partial charge in [-0.15, -0.1) is 22.7 Å². The van der Waals surface area contributed by atoms with Gasteiger partial charge in [-0.1, -0.05) is 133 Å². The molecule has 4 heterocycles. The zero-order valence-corrected chi connectivity index (χ0v) is 32.6. The first kappa shape index (κ1) is 32.9. The van der Waals surface area contributed by atoms with Crippen LogP contribution in [0.1, 0.15) is 36.3 Å². The number of hydrogen-bond donors (Lipinski definition) is 2. The quantitative estimate of drug-likeness (QED) is 0.183. The minimum atomic E-state index is -0.181. The molecule has 0 saturated heterocycles. The van der Waals surface area contributed by atoms with E-state index in [0.717, 1.165) is 18.7 Å². The average molecular weight is 769 g/mol. The lowest BCUT2D eigenvalue weighted by Crippen LogP contribution is -2.45. The van der Waals surface area contributed by atoms with Crippen molar-refractivity contribution >= 4 is 90.7 Å². The molecule has 0 saturated carbocycles. The topological polar surface area (TPSA) is 41.4 Å². The minimum Gasteiger partial charge on any atom is -0.350 e. The molecule has 12 rings (SSSR count). The highest BCUT2D eigenvalue weighted by atomic mass is 32.1. The molecule has 2 N–H and O–H groups in total. The van der Waals surface area contributed by atoms with Crippen molar-refractivity contribution in [1.29, 1.82) is 0 Å². The number of benzene rings is 7. The smallest absolute Gasteiger partial charge is 0.131 e. The van der Waals surface area contributed by atoms with Crippen molar-refractivity contribution in [3.63, 3.8) is 0 Å². The first-order chi connectivity index (χ1) is 28.2. The third kappa shape index (κ3) is 5.32. The van der Waals surface area contributed by atoms with Crippen molar-refractivity contribution in [3.05, 3.63) is 187 Å². The van der Waals surface area contributed by atoms with Crippen molar-refractivity contribution in [2.45, 2.75) is 25.2 Å². The highest BCUT2D eigenvalue weighted by Gasteiger charge is 2.27. The van der Waals surface area contributed by atoms with E-state index in [2.05, 4.69) is 185 Å². The van der Waals surface area contributed by atoms with Crippen LogP contribution in [0.25, 0.3) is 79.0 Å². The lowest BCUT2D eigenvalue weighted by molar-refractivity contribution is 0.409. The number of fused-ring (bicyclic) bond motifs is 9. The minimum absolute atomic E-state index is 0.0495. The number of allylic oxidation sites excluding steroid dienone is 2. The second-order valence-corrected chi connectivity index (χ2v) is 17.2. The Hall–Kier alpha value is -6.31. The van der Waals surface area contributed by atoms with Gasteiger partial charge < -0.3 is 9.88 Å². The van der Waals surface area contributed by atoms with Crippen LogP contribution in [-0.2, 0) is 0 Å². The molecule has 0 bridgehead atoms. The Morgan fingerprint density at radius 1 is 0.579 bits per heavy atom. The third-order valence-electron chi connectivity index (χ3n) is 11.7. The number of nitrogens with one attached hydrogen (secondary N) is 2. The molecule has 4 nitrogen and oxygen atoms in total. The Kier molecular flexibility index (Phi) is 7.58. The van der Waals surface area contributed by atoms with Gasteiger partial charge >= 0.3 is 0 Å². The number of aromatic nitrogens is 1. The van der Waals surface area contributed by atoms with E-state index >= 15 is 0 Å². The van der Waals surface area contributed by atoms with Gasteiger partial charge in [0.15, 0.2) is 0 Å². The van der Waals surface area contributed by atoms with E-state index in [-0.39, 0.29) is 12.3 Å². The van der Waals surface area contributed by atoms with Crippen LogP contribution in [0.15, 0.2) is 180 Å². The predicted octanol–water partition coefficient (Wildman–Crippen LogP) is 13.8. The SMILES string of the molecule is C1=CC(C2=NC(c3ccc4c(c3)sc3c(-c5ccc6c(c5)sc5cccc(-n7c8ccccc8c8ccccc87)c56)cccc34)NC(c3ccccc3)N2)=CCC1. The summed E-state index contributed by atoms with van der Waals surface area (Å²) in [6, 6.07) is 55.7. The van der Waals surface area contributed by atoms with Crippen LogP contribution in [0.2, 0.25) is 0 Å². The molecule has 1 aliphatic heterocycles. The zero-order valence-electron chi connectivity index (χ0n) is 30.9. The Balaban J connectivity index is 0.956. The summed E-state index contributed by atoms with van der Waals surface area (Å²) >= 11 is 3.77. The van der Waals surface area contributed by atoms with Crippen LogP contribution in [0.4, 0.5) is 0 Å². The Morgan fingerprint density at radius 2 is 1.33 bits per heavy atom. The van der Waals surface area contributed by atoms with E-state index in [1.807, 2.05) is 22.7 Å². The van der Waals surface area contributed by atoms with Gasteiger partial charge in [0.2, 0.25) is 0 Å². The fourth-order valence-electron chi connectivity index (χ4n) is 9.04. The highest BCUT2D eigenvalue weighted by molar-refractivity contribution is 7.26. The Labute approximate surface area is 337 Å². The number of para-hydroxylation sites is 2. The van der Waals surface area contributed by atoms with Gasteiger partial charge in [-0.25, -0.2) is 4.99 Å². The van der Waals surface area contributed by atoms with Crippen LogP contribution in [-0.4, -0.2) is 10.4 Å². The molecule has 7 aromatic carbocycles. The molecule has 3 aromatic heterocycles. The van der Waals surface area contributed by atoms with Crippen molar-refractivity contribution in [3.8, 4) is 16.8 Å². The molecule has 6 heteroatoms. The number of aliphatic imine (C=N–C) groups is 1. The zero-order chi connectivity index (χ0) is 37.5. The summed E-state index contributed by atoms with van der Waals surface area (Å²) in [5.74, 6) is 0.945. The van der Waals surface area contributed by atoms with Crippen molar-refractivity contribution in [2.24, 2.45) is 4.99 Å². The van der Waals surface area contributed by atoms with E-state index in [9.17, 15) is 0 Å². The maximum absolute atomic E-state index is 5.26. The van der Waals surface area contributed by atoms with Crippen LogP contribution in [0.5, 0.6) is 0 Å². The van der Waals surface area contributed by atoms with E-state index in [4.69, 9.17) is 4.99 Å². The average Bonchev–Trinajstić information content (AvgIpc) is 3.96. The number of thiophene rings is 2. The van der Waals surface area contributed by atoms with Gasteiger partial charge in [0.05, 0.1) is 16.7 Å². The predicted molar refractivity (Wildman–Crippen MR) is 244 cm³/mol. The molecule has 0 amide bonds. The molecule has 2 aliphatic rings. The van der Waals surface area contributed by atoms with Crippen LogP contribution < -0.4 is 10.6 Å². The molecule has 0 radical (unpaired) electrons. The van der Waals surface area contributed by atoms with Gasteiger partial charge in [-0.05, 0) is 71.5 Å². The lowest BCUT2D eigenvalue weighted by Gasteiger charge is -2.32. The van der Waals surface area contributed by atoms with Gasteiger partial charge in [0.1, 0.15) is 18.2 Å². The molecular formula is C51H36N4S2. The Morgan fingerprint density at radius 3 is 2.16 bits per heavy atom. The summed E-state index contributed by atoms with van der Waals surface area (Å²) in [5.41, 5.74) is 9.76. The maximum atomic E-state index is 5.26. The largest absolute Gasteiger partial charge is 0.350 e. The summed E-state index contributed by atoms with van der Waals surface area (Å²) in [4.78, 5) is 5.26. The van der Waals surface area contributed by atoms with Crippen LogP contribution >= 0.6 is 22.7 Å². The van der Waals surface area contributed by atoms with E-state index < -0.39 is 0 Å². The van der Waals surface area contributed by atoms with Gasteiger partial charge in [-0.3, -0.25) is 5.32 Å². The summed E-state index contributed by atoms with van der Waals surface area (Å²) < 4.78 is 7.66. The summed E-state index contributed by atoms with van der Waals surface area (Å²) in [5, 5.41) is 15.3. The summed E-state index contributed by atoms with van der Waals surface area (Å²) in [7, 11) is 0. The normalized spacial score (nSPS) is 17.2. The van der Waals surface area contributed by atoms with Gasteiger partial charge in [-0.2, -0.15) is 0 Å². The third-order valence-corrected chi connectivity index (χ3v) is 14.0. The van der Waals surface area contributed by atoms with Crippen molar-refractivity contribution in [1.82, 2.24) is 15.2 Å². The lowest BCUT2D eigenvalue weighted by atomic mass is 10.0. The molecular weight excluding hydrogens is 733 g/mol. The van der Waals surface area contributed by atoms with Crippen LogP contribution in [0, 0.1) is 0 Å². The Bertz CT molecular complexity index is 3270. The summed E-state index contributed by atoms with van der Waals surface area (Å²) in [6.07, 6.45) is 8.64. The first-order valence-electron chi connectivity index (χ1n) is 19.7. The van der Waals surface area contributed by atoms with Crippen molar-refractivity contribution in [2.75, 3.05) is 0 Å². The van der Waals surface area contributed by atoms with Crippen LogP contribution in [0.3, 0.4) is 0 Å². The van der Waals surface area contributed by atoms with Gasteiger partial charge in [0.25, 0.3) is 0 Å². The fourth-order valence-corrected chi connectivity index (χ4v) is 11.5. The van der Waals surface area contributed by atoms with Crippen molar-refractivity contribution < 1.29 is 0 Å². The van der Waals surface area contributed by atoms with E-state index in [0.29, 0.717) is 0 Å². The second-order valence-electron chi connectivity index (χ2n) is 15.0. The standard InChI is InChI=1S/C51H36N4S2/c1-3-13-31(14-4-1)49-52-50(32-15-5-2-6-16-32)54-51(53-49)34-26-27-38-39-20-11-19-35(48(39)57-45(38)30-34)33-25-28-40-46(29-33)56-44-24-12-23-43(47(40)44)55-41-21-9-7-17-36(41)37-18-8-10-22-42(37)55/h1,3-5,7-30,49,51,53H,2,6H2,(H,52,54). The number of rotatable bonds is 5. The monoisotopic (exact) mass is 768 g/mol. The molecule has 272 valence electrons.